The molecule has 2 unspecified atom stereocenters. The van der Waals surface area contributed by atoms with Crippen molar-refractivity contribution in [2.45, 2.75) is 37.1 Å². The summed E-state index contributed by atoms with van der Waals surface area (Å²) in [7, 11) is 0. The van der Waals surface area contributed by atoms with Crippen LogP contribution in [-0.4, -0.2) is 22.2 Å². The molecule has 4 heteroatoms. The van der Waals surface area contributed by atoms with E-state index in [1.165, 1.54) is 4.88 Å². The zero-order valence-electron chi connectivity index (χ0n) is 9.36. The molecule has 1 aromatic rings. The van der Waals surface area contributed by atoms with Gasteiger partial charge in [-0.05, 0) is 24.3 Å². The molecule has 0 aliphatic carbocycles. The Labute approximate surface area is 109 Å². The zero-order valence-corrected chi connectivity index (χ0v) is 11.8. The lowest BCUT2D eigenvalue weighted by molar-refractivity contribution is -0.129. The number of hydrogen-bond acceptors (Lipinski definition) is 2. The summed E-state index contributed by atoms with van der Waals surface area (Å²) in [6, 6.07) is 4.49. The lowest BCUT2D eigenvalue weighted by Crippen LogP contribution is -2.31. The average Bonchev–Trinajstić information content (AvgIpc) is 2.89. The molecule has 0 spiro atoms. The van der Waals surface area contributed by atoms with E-state index in [0.717, 1.165) is 25.8 Å². The van der Waals surface area contributed by atoms with Crippen LogP contribution in [-0.2, 0) is 4.79 Å². The third-order valence-electron chi connectivity index (χ3n) is 2.98. The topological polar surface area (TPSA) is 20.3 Å². The van der Waals surface area contributed by atoms with Gasteiger partial charge in [0.1, 0.15) is 0 Å². The van der Waals surface area contributed by atoms with Crippen LogP contribution in [0.4, 0.5) is 0 Å². The van der Waals surface area contributed by atoms with Gasteiger partial charge in [-0.3, -0.25) is 4.79 Å². The molecule has 2 nitrogen and oxygen atoms in total. The fourth-order valence-electron chi connectivity index (χ4n) is 2.18. The van der Waals surface area contributed by atoms with Gasteiger partial charge in [0, 0.05) is 11.4 Å². The van der Waals surface area contributed by atoms with Gasteiger partial charge in [0.25, 0.3) is 0 Å². The van der Waals surface area contributed by atoms with Crippen LogP contribution < -0.4 is 0 Å². The van der Waals surface area contributed by atoms with Crippen LogP contribution in [0, 0.1) is 0 Å². The summed E-state index contributed by atoms with van der Waals surface area (Å²) in [6.07, 6.45) is 3.11. The number of carbonyl (C=O) groups excluding carboxylic acids is 1. The maximum absolute atomic E-state index is 12.0. The lowest BCUT2D eigenvalue weighted by Gasteiger charge is -2.26. The minimum atomic E-state index is 0.0341. The van der Waals surface area contributed by atoms with Gasteiger partial charge in [-0.15, -0.1) is 11.3 Å². The van der Waals surface area contributed by atoms with Crippen molar-refractivity contribution in [1.82, 2.24) is 4.90 Å². The molecule has 1 amide bonds. The van der Waals surface area contributed by atoms with E-state index in [4.69, 9.17) is 0 Å². The van der Waals surface area contributed by atoms with Gasteiger partial charge in [0.05, 0.1) is 10.9 Å². The van der Waals surface area contributed by atoms with Crippen LogP contribution in [0.2, 0.25) is 0 Å². The van der Waals surface area contributed by atoms with Gasteiger partial charge < -0.3 is 4.90 Å². The van der Waals surface area contributed by atoms with Gasteiger partial charge in [-0.1, -0.05) is 35.3 Å². The highest BCUT2D eigenvalue weighted by atomic mass is 79.9. The number of alkyl halides is 1. The first-order valence-electron chi connectivity index (χ1n) is 5.72. The molecular weight excluding hydrogens is 286 g/mol. The first kappa shape index (κ1) is 12.1. The van der Waals surface area contributed by atoms with Crippen molar-refractivity contribution in [3.05, 3.63) is 22.4 Å². The van der Waals surface area contributed by atoms with Gasteiger partial charge in [0.2, 0.25) is 5.91 Å². The Hall–Kier alpha value is -0.350. The molecule has 16 heavy (non-hydrogen) atoms. The second kappa shape index (κ2) is 5.32. The first-order chi connectivity index (χ1) is 7.74. The molecule has 0 radical (unpaired) electrons. The fourth-order valence-corrected chi connectivity index (χ4v) is 3.52. The lowest BCUT2D eigenvalue weighted by atomic mass is 10.1. The van der Waals surface area contributed by atoms with Gasteiger partial charge in [-0.2, -0.15) is 0 Å². The fraction of sp³-hybridized carbons (Fsp3) is 0.583. The van der Waals surface area contributed by atoms with Crippen molar-refractivity contribution in [3.63, 3.8) is 0 Å². The smallest absolute Gasteiger partial charge is 0.236 e. The zero-order chi connectivity index (χ0) is 11.5. The number of thiophene rings is 1. The van der Waals surface area contributed by atoms with E-state index >= 15 is 0 Å². The van der Waals surface area contributed by atoms with Crippen molar-refractivity contribution in [1.29, 1.82) is 0 Å². The van der Waals surface area contributed by atoms with Gasteiger partial charge in [-0.25, -0.2) is 0 Å². The van der Waals surface area contributed by atoms with Crippen LogP contribution >= 0.6 is 27.3 Å². The molecule has 88 valence electrons. The summed E-state index contributed by atoms with van der Waals surface area (Å²) < 4.78 is 0. The van der Waals surface area contributed by atoms with Crippen molar-refractivity contribution in [2.75, 3.05) is 6.54 Å². The quantitative estimate of drug-likeness (QED) is 0.778. The van der Waals surface area contributed by atoms with E-state index in [0.29, 0.717) is 6.04 Å². The molecule has 0 saturated carbocycles. The van der Waals surface area contributed by atoms with Crippen molar-refractivity contribution in [3.8, 4) is 0 Å². The number of hydrogen-bond donors (Lipinski definition) is 0. The highest BCUT2D eigenvalue weighted by molar-refractivity contribution is 9.10. The predicted octanol–water partition coefficient (Wildman–Crippen LogP) is 3.59. The molecule has 2 rings (SSSR count). The highest BCUT2D eigenvalue weighted by Crippen LogP contribution is 2.34. The summed E-state index contributed by atoms with van der Waals surface area (Å²) in [4.78, 5) is 15.4. The first-order valence-corrected chi connectivity index (χ1v) is 7.51. The van der Waals surface area contributed by atoms with E-state index in [9.17, 15) is 4.79 Å². The number of rotatable bonds is 4. The van der Waals surface area contributed by atoms with Crippen molar-refractivity contribution < 1.29 is 4.79 Å². The van der Waals surface area contributed by atoms with Crippen LogP contribution in [0.1, 0.15) is 37.1 Å². The van der Waals surface area contributed by atoms with Gasteiger partial charge >= 0.3 is 0 Å². The van der Waals surface area contributed by atoms with E-state index in [-0.39, 0.29) is 10.7 Å². The van der Waals surface area contributed by atoms with Crippen molar-refractivity contribution in [2.24, 2.45) is 0 Å². The van der Waals surface area contributed by atoms with E-state index in [1.807, 2.05) is 4.90 Å². The van der Waals surface area contributed by atoms with Crippen LogP contribution in [0.3, 0.4) is 0 Å². The Morgan fingerprint density at radius 3 is 3.00 bits per heavy atom. The molecule has 0 bridgehead atoms. The van der Waals surface area contributed by atoms with E-state index in [1.54, 1.807) is 11.3 Å². The van der Waals surface area contributed by atoms with Gasteiger partial charge in [0.15, 0.2) is 0 Å². The maximum atomic E-state index is 12.0. The Morgan fingerprint density at radius 2 is 2.50 bits per heavy atom. The minimum absolute atomic E-state index is 0.0341. The molecule has 1 saturated heterocycles. The molecule has 1 fully saturated rings. The normalized spacial score (nSPS) is 22.8. The van der Waals surface area contributed by atoms with Crippen molar-refractivity contribution >= 4 is 33.2 Å². The molecule has 2 atom stereocenters. The molecular formula is C12H16BrNOS. The summed E-state index contributed by atoms with van der Waals surface area (Å²) >= 11 is 5.19. The summed E-state index contributed by atoms with van der Waals surface area (Å²) in [5.41, 5.74) is 0. The van der Waals surface area contributed by atoms with Crippen LogP contribution in [0.25, 0.3) is 0 Å². The largest absolute Gasteiger partial charge is 0.334 e. The monoisotopic (exact) mass is 301 g/mol. The number of likely N-dealkylation sites (tertiary alicyclic amines) is 1. The highest BCUT2D eigenvalue weighted by Gasteiger charge is 2.34. The third-order valence-corrected chi connectivity index (χ3v) is 4.81. The SMILES string of the molecule is CCCC(c1cccs1)N1CCC(Br)C1=O. The Balaban J connectivity index is 2.17. The third kappa shape index (κ3) is 2.33. The number of amides is 1. The molecule has 1 aliphatic rings. The molecule has 1 aliphatic heterocycles. The minimum Gasteiger partial charge on any atom is -0.334 e. The Kier molecular flexibility index (Phi) is 4.03. The molecule has 2 heterocycles. The standard InChI is InChI=1S/C12H16BrNOS/c1-2-4-10(11-5-3-8-16-11)14-7-6-9(13)12(14)15/h3,5,8-10H,2,4,6-7H2,1H3. The number of carbonyl (C=O) groups is 1. The summed E-state index contributed by atoms with van der Waals surface area (Å²) in [5.74, 6) is 0.256. The molecule has 0 aromatic carbocycles. The Morgan fingerprint density at radius 1 is 1.69 bits per heavy atom. The maximum Gasteiger partial charge on any atom is 0.236 e. The van der Waals surface area contributed by atoms with Crippen LogP contribution in [0.15, 0.2) is 17.5 Å². The number of halogens is 1. The second-order valence-electron chi connectivity index (χ2n) is 4.11. The Bertz CT molecular complexity index is 352. The second-order valence-corrected chi connectivity index (χ2v) is 6.19. The predicted molar refractivity (Wildman–Crippen MR) is 71.0 cm³/mol. The number of nitrogens with zero attached hydrogens (tertiary/aromatic N) is 1. The van der Waals surface area contributed by atoms with E-state index < -0.39 is 0 Å². The summed E-state index contributed by atoms with van der Waals surface area (Å²) in [5, 5.41) is 2.09. The molecule has 0 N–H and O–H groups in total. The van der Waals surface area contributed by atoms with E-state index in [2.05, 4.69) is 40.4 Å². The average molecular weight is 302 g/mol. The van der Waals surface area contributed by atoms with Crippen LogP contribution in [0.5, 0.6) is 0 Å². The summed E-state index contributed by atoms with van der Waals surface area (Å²) in [6.45, 7) is 3.06. The molecule has 1 aromatic heterocycles.